The molecule has 0 amide bonds. The van der Waals surface area contributed by atoms with Crippen LogP contribution in [0.1, 0.15) is 17.2 Å². The molecule has 0 bridgehead atoms. The molecule has 110 valence electrons. The first-order valence-electron chi connectivity index (χ1n) is 6.36. The highest BCUT2D eigenvalue weighted by Crippen LogP contribution is 2.38. The molecule has 0 radical (unpaired) electrons. The Bertz CT molecular complexity index is 694. The lowest BCUT2D eigenvalue weighted by atomic mass is 9.98. The number of ether oxygens (including phenoxy) is 2. The topological polar surface area (TPSA) is 44.5 Å². The molecule has 1 aliphatic rings. The SMILES string of the molecule is NC(c1ccc(F)cc1F)c1cc2c(cc1Cl)OCCO2. The minimum atomic E-state index is -0.825. The van der Waals surface area contributed by atoms with E-state index in [1.807, 2.05) is 0 Å². The second-order valence-electron chi connectivity index (χ2n) is 4.66. The van der Waals surface area contributed by atoms with E-state index >= 15 is 0 Å². The summed E-state index contributed by atoms with van der Waals surface area (Å²) in [7, 11) is 0. The highest BCUT2D eigenvalue weighted by atomic mass is 35.5. The van der Waals surface area contributed by atoms with Crippen molar-refractivity contribution in [1.29, 1.82) is 0 Å². The van der Waals surface area contributed by atoms with Gasteiger partial charge in [0.2, 0.25) is 0 Å². The molecule has 21 heavy (non-hydrogen) atoms. The number of rotatable bonds is 2. The van der Waals surface area contributed by atoms with E-state index in [0.29, 0.717) is 35.3 Å². The predicted octanol–water partition coefficient (Wildman–Crippen LogP) is 3.44. The molecule has 2 aromatic carbocycles. The molecule has 1 atom stereocenters. The van der Waals surface area contributed by atoms with E-state index < -0.39 is 17.7 Å². The van der Waals surface area contributed by atoms with Gasteiger partial charge in [-0.3, -0.25) is 0 Å². The smallest absolute Gasteiger partial charge is 0.162 e. The van der Waals surface area contributed by atoms with E-state index in [0.717, 1.165) is 12.1 Å². The van der Waals surface area contributed by atoms with Crippen molar-refractivity contribution in [3.63, 3.8) is 0 Å². The Hall–Kier alpha value is -1.85. The van der Waals surface area contributed by atoms with Gasteiger partial charge in [-0.25, -0.2) is 8.78 Å². The van der Waals surface area contributed by atoms with Gasteiger partial charge < -0.3 is 15.2 Å². The zero-order chi connectivity index (χ0) is 15.0. The first-order valence-corrected chi connectivity index (χ1v) is 6.73. The van der Waals surface area contributed by atoms with E-state index in [-0.39, 0.29) is 5.56 Å². The molecule has 1 heterocycles. The Morgan fingerprint density at radius 1 is 1.00 bits per heavy atom. The van der Waals surface area contributed by atoms with Crippen molar-refractivity contribution in [3.05, 3.63) is 58.1 Å². The number of hydrogen-bond donors (Lipinski definition) is 1. The summed E-state index contributed by atoms with van der Waals surface area (Å²) >= 11 is 6.18. The van der Waals surface area contributed by atoms with Crippen molar-refractivity contribution < 1.29 is 18.3 Å². The molecule has 3 nitrogen and oxygen atoms in total. The van der Waals surface area contributed by atoms with Crippen LogP contribution < -0.4 is 15.2 Å². The fraction of sp³-hybridized carbons (Fsp3) is 0.200. The van der Waals surface area contributed by atoms with Crippen molar-refractivity contribution in [2.24, 2.45) is 5.73 Å². The average Bonchev–Trinajstić information content (AvgIpc) is 2.46. The lowest BCUT2D eigenvalue weighted by Crippen LogP contribution is -2.18. The molecule has 1 unspecified atom stereocenters. The molecule has 0 aliphatic carbocycles. The van der Waals surface area contributed by atoms with Crippen molar-refractivity contribution in [2.75, 3.05) is 13.2 Å². The van der Waals surface area contributed by atoms with Crippen LogP contribution in [0.25, 0.3) is 0 Å². The van der Waals surface area contributed by atoms with Crippen LogP contribution in [0.2, 0.25) is 5.02 Å². The molecule has 2 aromatic rings. The fourth-order valence-electron chi connectivity index (χ4n) is 2.24. The number of hydrogen-bond acceptors (Lipinski definition) is 3. The first kappa shape index (κ1) is 14.1. The third-order valence-electron chi connectivity index (χ3n) is 3.29. The van der Waals surface area contributed by atoms with E-state index in [1.165, 1.54) is 6.07 Å². The van der Waals surface area contributed by atoms with E-state index in [9.17, 15) is 8.78 Å². The summed E-state index contributed by atoms with van der Waals surface area (Å²) < 4.78 is 37.7. The molecule has 0 saturated carbocycles. The fourth-order valence-corrected chi connectivity index (χ4v) is 2.51. The summed E-state index contributed by atoms with van der Waals surface area (Å²) in [5.74, 6) is -0.328. The molecule has 0 aromatic heterocycles. The van der Waals surface area contributed by atoms with Gasteiger partial charge >= 0.3 is 0 Å². The lowest BCUT2D eigenvalue weighted by molar-refractivity contribution is 0.171. The summed E-state index contributed by atoms with van der Waals surface area (Å²) in [5, 5.41) is 0.343. The minimum Gasteiger partial charge on any atom is -0.486 e. The quantitative estimate of drug-likeness (QED) is 0.924. The maximum atomic E-state index is 13.8. The third-order valence-corrected chi connectivity index (χ3v) is 3.62. The normalized spacial score (nSPS) is 14.9. The molecule has 2 N–H and O–H groups in total. The lowest BCUT2D eigenvalue weighted by Gasteiger charge is -2.22. The van der Waals surface area contributed by atoms with Crippen LogP contribution in [-0.2, 0) is 0 Å². The Morgan fingerprint density at radius 3 is 2.33 bits per heavy atom. The summed E-state index contributed by atoms with van der Waals surface area (Å²) in [6.45, 7) is 0.871. The van der Waals surface area contributed by atoms with E-state index in [4.69, 9.17) is 26.8 Å². The van der Waals surface area contributed by atoms with Crippen LogP contribution in [0.3, 0.4) is 0 Å². The van der Waals surface area contributed by atoms with Crippen molar-refractivity contribution in [1.82, 2.24) is 0 Å². The molecule has 0 fully saturated rings. The highest BCUT2D eigenvalue weighted by Gasteiger charge is 2.21. The maximum absolute atomic E-state index is 13.8. The van der Waals surface area contributed by atoms with Gasteiger partial charge in [0.25, 0.3) is 0 Å². The second-order valence-corrected chi connectivity index (χ2v) is 5.07. The van der Waals surface area contributed by atoms with Crippen molar-refractivity contribution in [3.8, 4) is 11.5 Å². The summed E-state index contributed by atoms with van der Waals surface area (Å²) in [5.41, 5.74) is 6.71. The average molecular weight is 312 g/mol. The summed E-state index contributed by atoms with van der Waals surface area (Å²) in [4.78, 5) is 0. The van der Waals surface area contributed by atoms with Gasteiger partial charge in [-0.05, 0) is 17.7 Å². The molecule has 1 aliphatic heterocycles. The Balaban J connectivity index is 2.03. The van der Waals surface area contributed by atoms with Gasteiger partial charge in [-0.15, -0.1) is 0 Å². The van der Waals surface area contributed by atoms with Gasteiger partial charge in [-0.2, -0.15) is 0 Å². The maximum Gasteiger partial charge on any atom is 0.162 e. The van der Waals surface area contributed by atoms with Gasteiger partial charge in [0.05, 0.1) is 6.04 Å². The van der Waals surface area contributed by atoms with Crippen LogP contribution in [0.15, 0.2) is 30.3 Å². The van der Waals surface area contributed by atoms with Gasteiger partial charge in [0.1, 0.15) is 24.8 Å². The standard InChI is InChI=1S/C15H12ClF2NO2/c16-11-7-14-13(20-3-4-21-14)6-10(11)15(19)9-2-1-8(17)5-12(9)18/h1-2,5-7,15H,3-4,19H2. The third kappa shape index (κ3) is 2.66. The molecular formula is C15H12ClF2NO2. The monoisotopic (exact) mass is 311 g/mol. The largest absolute Gasteiger partial charge is 0.486 e. The number of halogens is 3. The van der Waals surface area contributed by atoms with Crippen LogP contribution >= 0.6 is 11.6 Å². The number of fused-ring (bicyclic) bond motifs is 1. The van der Waals surface area contributed by atoms with E-state index in [1.54, 1.807) is 12.1 Å². The first-order chi connectivity index (χ1) is 10.1. The Labute approximate surface area is 125 Å². The molecule has 3 rings (SSSR count). The van der Waals surface area contributed by atoms with Crippen LogP contribution in [0, 0.1) is 11.6 Å². The summed E-state index contributed by atoms with van der Waals surface area (Å²) in [6, 6.07) is 5.65. The number of nitrogens with two attached hydrogens (primary N) is 1. The van der Waals surface area contributed by atoms with Crippen molar-refractivity contribution >= 4 is 11.6 Å². The summed E-state index contributed by atoms with van der Waals surface area (Å²) in [6.07, 6.45) is 0. The number of benzene rings is 2. The zero-order valence-corrected chi connectivity index (χ0v) is 11.7. The van der Waals surface area contributed by atoms with Crippen LogP contribution in [0.5, 0.6) is 11.5 Å². The molecular weight excluding hydrogens is 300 g/mol. The minimum absolute atomic E-state index is 0.162. The molecule has 0 spiro atoms. The second kappa shape index (κ2) is 5.50. The van der Waals surface area contributed by atoms with Crippen LogP contribution in [0.4, 0.5) is 8.78 Å². The Morgan fingerprint density at radius 2 is 1.67 bits per heavy atom. The van der Waals surface area contributed by atoms with Gasteiger partial charge in [-0.1, -0.05) is 17.7 Å². The molecule has 6 heteroatoms. The highest BCUT2D eigenvalue weighted by molar-refractivity contribution is 6.31. The van der Waals surface area contributed by atoms with Crippen LogP contribution in [-0.4, -0.2) is 13.2 Å². The Kier molecular flexibility index (Phi) is 3.69. The predicted molar refractivity (Wildman–Crippen MR) is 74.8 cm³/mol. The molecule has 0 saturated heterocycles. The van der Waals surface area contributed by atoms with Gasteiger partial charge in [0, 0.05) is 22.7 Å². The van der Waals surface area contributed by atoms with Crippen molar-refractivity contribution in [2.45, 2.75) is 6.04 Å². The van der Waals surface area contributed by atoms with E-state index in [2.05, 4.69) is 0 Å². The van der Waals surface area contributed by atoms with Gasteiger partial charge in [0.15, 0.2) is 11.5 Å². The zero-order valence-electron chi connectivity index (χ0n) is 10.9.